The minimum absolute atomic E-state index is 0.0333. The fourth-order valence-corrected chi connectivity index (χ4v) is 6.35. The summed E-state index contributed by atoms with van der Waals surface area (Å²) in [5.74, 6) is 1.45. The van der Waals surface area contributed by atoms with E-state index in [1.807, 2.05) is 52.9 Å². The van der Waals surface area contributed by atoms with E-state index in [4.69, 9.17) is 28.9 Å². The Morgan fingerprint density at radius 3 is 2.50 bits per heavy atom. The van der Waals surface area contributed by atoms with Gasteiger partial charge in [0.2, 0.25) is 4.77 Å². The standard InChI is InChI=1S/C23H27ClN4O2S2/c1-16(2)20-6-4-5-7-21(20)28-22(17-8-10-18(24)11-9-17)25-27(23(28)31)15-26(3)19-12-13-32(29,30)14-19/h4-11,16,19H,12-15H2,1-3H3. The molecule has 3 aromatic rings. The molecule has 9 heteroatoms. The summed E-state index contributed by atoms with van der Waals surface area (Å²) in [6.07, 6.45) is 0.632. The molecule has 1 atom stereocenters. The number of sulfone groups is 1. The van der Waals surface area contributed by atoms with Crippen LogP contribution in [0.2, 0.25) is 5.02 Å². The Morgan fingerprint density at radius 1 is 1.19 bits per heavy atom. The van der Waals surface area contributed by atoms with Crippen LogP contribution in [0.4, 0.5) is 0 Å². The second-order valence-corrected chi connectivity index (χ2v) is 11.6. The molecule has 0 N–H and O–H groups in total. The third-order valence-corrected chi connectivity index (χ3v) is 8.33. The van der Waals surface area contributed by atoms with Crippen molar-refractivity contribution >= 4 is 33.7 Å². The number of benzene rings is 2. The number of rotatable bonds is 6. The predicted molar refractivity (Wildman–Crippen MR) is 132 cm³/mol. The average molecular weight is 491 g/mol. The summed E-state index contributed by atoms with van der Waals surface area (Å²) in [5, 5.41) is 5.53. The second-order valence-electron chi connectivity index (χ2n) is 8.62. The molecule has 2 aromatic carbocycles. The number of para-hydroxylation sites is 1. The molecule has 1 aliphatic heterocycles. The molecule has 170 valence electrons. The highest BCUT2D eigenvalue weighted by atomic mass is 35.5. The van der Waals surface area contributed by atoms with E-state index in [9.17, 15) is 8.42 Å². The zero-order valence-corrected chi connectivity index (χ0v) is 20.8. The third-order valence-electron chi connectivity index (χ3n) is 5.93. The molecule has 0 radical (unpaired) electrons. The fourth-order valence-electron chi connectivity index (χ4n) is 4.13. The smallest absolute Gasteiger partial charge is 0.204 e. The molecule has 6 nitrogen and oxygen atoms in total. The normalized spacial score (nSPS) is 18.0. The quantitative estimate of drug-likeness (QED) is 0.459. The van der Waals surface area contributed by atoms with Crippen molar-refractivity contribution in [3.63, 3.8) is 0 Å². The van der Waals surface area contributed by atoms with Crippen molar-refractivity contribution in [2.45, 2.75) is 38.9 Å². The van der Waals surface area contributed by atoms with E-state index in [1.54, 1.807) is 4.68 Å². The first-order chi connectivity index (χ1) is 15.2. The van der Waals surface area contributed by atoms with Crippen LogP contribution in [0.3, 0.4) is 0 Å². The van der Waals surface area contributed by atoms with Gasteiger partial charge < -0.3 is 0 Å². The minimum Gasteiger partial charge on any atom is -0.283 e. The van der Waals surface area contributed by atoms with Crippen LogP contribution < -0.4 is 0 Å². The minimum atomic E-state index is -2.97. The van der Waals surface area contributed by atoms with Crippen molar-refractivity contribution in [2.75, 3.05) is 18.6 Å². The van der Waals surface area contributed by atoms with Gasteiger partial charge in [-0.05, 0) is 67.5 Å². The second kappa shape index (κ2) is 9.09. The lowest BCUT2D eigenvalue weighted by Crippen LogP contribution is -2.34. The van der Waals surface area contributed by atoms with Crippen LogP contribution in [-0.4, -0.2) is 52.3 Å². The van der Waals surface area contributed by atoms with Crippen molar-refractivity contribution in [1.29, 1.82) is 0 Å². The van der Waals surface area contributed by atoms with E-state index in [0.29, 0.717) is 28.8 Å². The zero-order valence-electron chi connectivity index (χ0n) is 18.4. The van der Waals surface area contributed by atoms with Gasteiger partial charge in [0.1, 0.15) is 0 Å². The van der Waals surface area contributed by atoms with Crippen LogP contribution in [-0.2, 0) is 16.5 Å². The Balaban J connectivity index is 1.81. The summed E-state index contributed by atoms with van der Waals surface area (Å²) in [5.41, 5.74) is 3.08. The Hall–Kier alpha value is -2.00. The van der Waals surface area contributed by atoms with Crippen LogP contribution in [0.25, 0.3) is 17.1 Å². The molecule has 2 heterocycles. The number of hydrogen-bond donors (Lipinski definition) is 0. The first kappa shape index (κ1) is 23.2. The maximum absolute atomic E-state index is 11.9. The van der Waals surface area contributed by atoms with Crippen LogP contribution in [0.1, 0.15) is 31.7 Å². The highest BCUT2D eigenvalue weighted by molar-refractivity contribution is 7.91. The molecule has 32 heavy (non-hydrogen) atoms. The number of hydrogen-bond acceptors (Lipinski definition) is 5. The van der Waals surface area contributed by atoms with E-state index in [0.717, 1.165) is 17.1 Å². The molecular weight excluding hydrogens is 464 g/mol. The Labute approximate surface area is 199 Å². The van der Waals surface area contributed by atoms with Gasteiger partial charge in [0, 0.05) is 16.6 Å². The molecule has 0 aliphatic carbocycles. The highest BCUT2D eigenvalue weighted by Crippen LogP contribution is 2.29. The van der Waals surface area contributed by atoms with Crippen molar-refractivity contribution in [3.05, 3.63) is 63.9 Å². The van der Waals surface area contributed by atoms with Gasteiger partial charge in [0.15, 0.2) is 15.7 Å². The van der Waals surface area contributed by atoms with Crippen LogP contribution in [0.15, 0.2) is 48.5 Å². The Kier molecular flexibility index (Phi) is 6.58. The van der Waals surface area contributed by atoms with Crippen molar-refractivity contribution < 1.29 is 8.42 Å². The predicted octanol–water partition coefficient (Wildman–Crippen LogP) is 4.92. The molecule has 0 bridgehead atoms. The molecule has 1 aromatic heterocycles. The molecule has 4 rings (SSSR count). The first-order valence-electron chi connectivity index (χ1n) is 10.6. The molecule has 1 saturated heterocycles. The average Bonchev–Trinajstić information content (AvgIpc) is 3.28. The molecule has 0 spiro atoms. The largest absolute Gasteiger partial charge is 0.283 e. The summed E-state index contributed by atoms with van der Waals surface area (Å²) >= 11 is 12.0. The van der Waals surface area contributed by atoms with E-state index in [-0.39, 0.29) is 17.5 Å². The fraction of sp³-hybridized carbons (Fsp3) is 0.391. The van der Waals surface area contributed by atoms with Gasteiger partial charge in [-0.3, -0.25) is 9.47 Å². The number of aromatic nitrogens is 3. The van der Waals surface area contributed by atoms with Gasteiger partial charge in [0.05, 0.1) is 23.9 Å². The monoisotopic (exact) mass is 490 g/mol. The summed E-state index contributed by atoms with van der Waals surface area (Å²) < 4.78 is 28.2. The third kappa shape index (κ3) is 4.69. The van der Waals surface area contributed by atoms with Gasteiger partial charge in [0.25, 0.3) is 0 Å². The SMILES string of the molecule is CC(C)c1ccccc1-n1c(-c2ccc(Cl)cc2)nn(CN(C)C2CCS(=O)(=O)C2)c1=S. The maximum atomic E-state index is 11.9. The van der Waals surface area contributed by atoms with Crippen molar-refractivity contribution in [1.82, 2.24) is 19.2 Å². The molecular formula is C23H27ClN4O2S2. The summed E-state index contributed by atoms with van der Waals surface area (Å²) in [6.45, 7) is 4.72. The first-order valence-corrected chi connectivity index (χ1v) is 13.2. The summed E-state index contributed by atoms with van der Waals surface area (Å²) in [7, 11) is -1.04. The van der Waals surface area contributed by atoms with E-state index in [1.165, 1.54) is 5.56 Å². The molecule has 1 unspecified atom stereocenters. The Morgan fingerprint density at radius 2 is 1.88 bits per heavy atom. The summed E-state index contributed by atoms with van der Waals surface area (Å²) in [6, 6.07) is 15.7. The number of halogens is 1. The van der Waals surface area contributed by atoms with Crippen molar-refractivity contribution in [2.24, 2.45) is 0 Å². The zero-order chi connectivity index (χ0) is 23.0. The Bertz CT molecular complexity index is 1280. The molecule has 0 saturated carbocycles. The summed E-state index contributed by atoms with van der Waals surface area (Å²) in [4.78, 5) is 2.03. The van der Waals surface area contributed by atoms with Crippen LogP contribution in [0.5, 0.6) is 0 Å². The lowest BCUT2D eigenvalue weighted by Gasteiger charge is -2.22. The maximum Gasteiger partial charge on any atom is 0.204 e. The van der Waals surface area contributed by atoms with Gasteiger partial charge in [-0.25, -0.2) is 13.1 Å². The van der Waals surface area contributed by atoms with Gasteiger partial charge in [-0.1, -0.05) is 43.6 Å². The van der Waals surface area contributed by atoms with Gasteiger partial charge in [-0.2, -0.15) is 0 Å². The van der Waals surface area contributed by atoms with Gasteiger partial charge in [-0.15, -0.1) is 5.10 Å². The van der Waals surface area contributed by atoms with Gasteiger partial charge >= 0.3 is 0 Å². The lowest BCUT2D eigenvalue weighted by atomic mass is 10.0. The van der Waals surface area contributed by atoms with Crippen LogP contribution >= 0.6 is 23.8 Å². The molecule has 1 aliphatic rings. The lowest BCUT2D eigenvalue weighted by molar-refractivity contribution is 0.196. The highest BCUT2D eigenvalue weighted by Gasteiger charge is 2.31. The van der Waals surface area contributed by atoms with Crippen molar-refractivity contribution in [3.8, 4) is 17.1 Å². The number of nitrogens with zero attached hydrogens (tertiary/aromatic N) is 4. The topological polar surface area (TPSA) is 60.1 Å². The van der Waals surface area contributed by atoms with E-state index < -0.39 is 9.84 Å². The molecule has 1 fully saturated rings. The van der Waals surface area contributed by atoms with E-state index in [2.05, 4.69) is 26.0 Å². The molecule has 0 amide bonds. The van der Waals surface area contributed by atoms with Crippen LogP contribution in [0, 0.1) is 4.77 Å². The van der Waals surface area contributed by atoms with E-state index >= 15 is 0 Å².